The van der Waals surface area contributed by atoms with Gasteiger partial charge < -0.3 is 0 Å². The molecule has 0 saturated heterocycles. The maximum Gasteiger partial charge on any atom is 0.336 e. The summed E-state index contributed by atoms with van der Waals surface area (Å²) in [6.07, 6.45) is 0. The van der Waals surface area contributed by atoms with Gasteiger partial charge in [-0.1, -0.05) is 24.3 Å². The number of nitrogens with zero attached hydrogens (tertiary/aromatic N) is 2. The zero-order chi connectivity index (χ0) is 18.3. The third-order valence-electron chi connectivity index (χ3n) is 4.43. The van der Waals surface area contributed by atoms with Crippen molar-refractivity contribution >= 4 is 21.6 Å². The van der Waals surface area contributed by atoms with E-state index in [0.29, 0.717) is 22.4 Å². The van der Waals surface area contributed by atoms with Crippen LogP contribution in [0.25, 0.3) is 15.9 Å². The average molecular weight is 366 g/mol. The molecule has 0 unspecified atom stereocenters. The number of aryl methyl sites for hydroxylation is 1. The van der Waals surface area contributed by atoms with Crippen LogP contribution in [0.4, 0.5) is 4.39 Å². The summed E-state index contributed by atoms with van der Waals surface area (Å²) in [6, 6.07) is 15.0. The van der Waals surface area contributed by atoms with Crippen molar-refractivity contribution in [2.45, 2.75) is 13.5 Å². The first-order chi connectivity index (χ1) is 12.6. The molecule has 4 aromatic rings. The van der Waals surface area contributed by atoms with Crippen LogP contribution in [-0.2, 0) is 6.54 Å². The Morgan fingerprint density at radius 3 is 2.46 bits per heavy atom. The highest BCUT2D eigenvalue weighted by Gasteiger charge is 2.16. The molecule has 6 heteroatoms. The maximum atomic E-state index is 13.2. The second-order valence-corrected chi connectivity index (χ2v) is 6.96. The lowest BCUT2D eigenvalue weighted by Crippen LogP contribution is -2.38. The van der Waals surface area contributed by atoms with Gasteiger partial charge in [-0.3, -0.25) is 9.36 Å². The molecule has 0 aliphatic heterocycles. The molecule has 130 valence electrons. The topological polar surface area (TPSA) is 44.0 Å². The van der Waals surface area contributed by atoms with Crippen LogP contribution >= 0.6 is 11.3 Å². The second-order valence-electron chi connectivity index (χ2n) is 6.05. The van der Waals surface area contributed by atoms with Crippen molar-refractivity contribution in [3.63, 3.8) is 0 Å². The van der Waals surface area contributed by atoms with Gasteiger partial charge in [0.1, 0.15) is 10.5 Å². The Hall–Kier alpha value is -2.99. The molecule has 0 amide bonds. The van der Waals surface area contributed by atoms with E-state index in [9.17, 15) is 14.0 Å². The van der Waals surface area contributed by atoms with E-state index in [1.165, 1.54) is 35.6 Å². The number of aromatic nitrogens is 2. The molecule has 0 radical (unpaired) electrons. The minimum Gasteiger partial charge on any atom is -0.288 e. The quantitative estimate of drug-likeness (QED) is 0.555. The van der Waals surface area contributed by atoms with E-state index in [1.807, 2.05) is 31.2 Å². The van der Waals surface area contributed by atoms with Crippen molar-refractivity contribution in [3.05, 3.63) is 97.8 Å². The van der Waals surface area contributed by atoms with Crippen LogP contribution in [0.2, 0.25) is 0 Å². The molecule has 4 rings (SSSR count). The van der Waals surface area contributed by atoms with E-state index in [4.69, 9.17) is 0 Å². The van der Waals surface area contributed by atoms with Crippen molar-refractivity contribution < 1.29 is 4.39 Å². The minimum atomic E-state index is -0.434. The average Bonchev–Trinajstić information content (AvgIpc) is 3.12. The van der Waals surface area contributed by atoms with Gasteiger partial charge in [0.05, 0.1) is 17.7 Å². The maximum absolute atomic E-state index is 13.2. The molecule has 2 heterocycles. The lowest BCUT2D eigenvalue weighted by molar-refractivity contribution is 0.626. The van der Waals surface area contributed by atoms with Crippen molar-refractivity contribution in [1.82, 2.24) is 9.13 Å². The summed E-state index contributed by atoms with van der Waals surface area (Å²) in [7, 11) is 0. The van der Waals surface area contributed by atoms with Gasteiger partial charge in [0.15, 0.2) is 0 Å². The van der Waals surface area contributed by atoms with Gasteiger partial charge in [0, 0.05) is 0 Å². The lowest BCUT2D eigenvalue weighted by Gasteiger charge is -2.13. The van der Waals surface area contributed by atoms with Crippen LogP contribution < -0.4 is 11.2 Å². The molecule has 2 aromatic heterocycles. The molecular weight excluding hydrogens is 351 g/mol. The predicted molar refractivity (Wildman–Crippen MR) is 102 cm³/mol. The van der Waals surface area contributed by atoms with Gasteiger partial charge >= 0.3 is 5.69 Å². The van der Waals surface area contributed by atoms with E-state index in [0.717, 1.165) is 15.7 Å². The van der Waals surface area contributed by atoms with E-state index < -0.39 is 11.5 Å². The van der Waals surface area contributed by atoms with Crippen molar-refractivity contribution in [2.75, 3.05) is 0 Å². The predicted octanol–water partition coefficient (Wildman–Crippen LogP) is 3.71. The SMILES string of the molecule is Cc1ccccc1Cn1c(=O)n(-c2ccc(F)cc2)c(=O)c2sccc21. The first-order valence-corrected chi connectivity index (χ1v) is 8.98. The van der Waals surface area contributed by atoms with Crippen LogP contribution in [-0.4, -0.2) is 9.13 Å². The third kappa shape index (κ3) is 2.68. The molecule has 0 spiro atoms. The highest BCUT2D eigenvalue weighted by Crippen LogP contribution is 2.18. The summed E-state index contributed by atoms with van der Waals surface area (Å²) < 4.78 is 16.5. The van der Waals surface area contributed by atoms with Crippen molar-refractivity contribution in [2.24, 2.45) is 0 Å². The molecule has 0 saturated carbocycles. The second kappa shape index (κ2) is 6.38. The van der Waals surface area contributed by atoms with E-state index in [-0.39, 0.29) is 5.56 Å². The van der Waals surface area contributed by atoms with Crippen LogP contribution in [0.15, 0.2) is 69.6 Å². The lowest BCUT2D eigenvalue weighted by atomic mass is 10.1. The highest BCUT2D eigenvalue weighted by molar-refractivity contribution is 7.17. The molecular formula is C20H15FN2O2S. The van der Waals surface area contributed by atoms with Crippen LogP contribution in [0.1, 0.15) is 11.1 Å². The molecule has 0 N–H and O–H groups in total. The fourth-order valence-corrected chi connectivity index (χ4v) is 3.84. The van der Waals surface area contributed by atoms with E-state index in [2.05, 4.69) is 0 Å². The Bertz CT molecular complexity index is 1220. The monoisotopic (exact) mass is 366 g/mol. The van der Waals surface area contributed by atoms with Gasteiger partial charge in [0.2, 0.25) is 0 Å². The first kappa shape index (κ1) is 16.5. The first-order valence-electron chi connectivity index (χ1n) is 8.10. The number of hydrogen-bond donors (Lipinski definition) is 0. The number of hydrogen-bond acceptors (Lipinski definition) is 3. The number of fused-ring (bicyclic) bond motifs is 1. The molecule has 0 bridgehead atoms. The van der Waals surface area contributed by atoms with Crippen LogP contribution in [0.3, 0.4) is 0 Å². The van der Waals surface area contributed by atoms with Gasteiger partial charge in [0.25, 0.3) is 5.56 Å². The fourth-order valence-electron chi connectivity index (χ4n) is 3.02. The Morgan fingerprint density at radius 2 is 1.73 bits per heavy atom. The van der Waals surface area contributed by atoms with Crippen molar-refractivity contribution in [3.8, 4) is 5.69 Å². The Kier molecular flexibility index (Phi) is 4.05. The summed E-state index contributed by atoms with van der Waals surface area (Å²) in [5, 5.41) is 1.80. The molecule has 0 aliphatic rings. The van der Waals surface area contributed by atoms with E-state index in [1.54, 1.807) is 16.0 Å². The van der Waals surface area contributed by atoms with Gasteiger partial charge in [-0.15, -0.1) is 11.3 Å². The zero-order valence-corrected chi connectivity index (χ0v) is 14.8. The summed E-state index contributed by atoms with van der Waals surface area (Å²) in [4.78, 5) is 26.0. The molecule has 2 aromatic carbocycles. The molecule has 4 nitrogen and oxygen atoms in total. The summed E-state index contributed by atoms with van der Waals surface area (Å²) in [6.45, 7) is 2.35. The summed E-state index contributed by atoms with van der Waals surface area (Å²) in [5.41, 5.74) is 2.24. The fraction of sp³-hybridized carbons (Fsp3) is 0.100. The van der Waals surface area contributed by atoms with Crippen LogP contribution in [0, 0.1) is 12.7 Å². The normalized spacial score (nSPS) is 11.2. The molecule has 0 atom stereocenters. The minimum absolute atomic E-state index is 0.357. The Morgan fingerprint density at radius 1 is 1.00 bits per heavy atom. The molecule has 26 heavy (non-hydrogen) atoms. The van der Waals surface area contributed by atoms with Gasteiger partial charge in [-0.05, 0) is 53.8 Å². The summed E-state index contributed by atoms with van der Waals surface area (Å²) >= 11 is 1.30. The van der Waals surface area contributed by atoms with Gasteiger partial charge in [-0.25, -0.2) is 13.8 Å². The smallest absolute Gasteiger partial charge is 0.288 e. The largest absolute Gasteiger partial charge is 0.336 e. The molecule has 0 aliphatic carbocycles. The highest BCUT2D eigenvalue weighted by atomic mass is 32.1. The molecule has 0 fully saturated rings. The third-order valence-corrected chi connectivity index (χ3v) is 5.32. The number of benzene rings is 2. The number of halogens is 1. The standard InChI is InChI=1S/C20H15FN2O2S/c1-13-4-2-3-5-14(13)12-22-17-10-11-26-18(17)19(24)23(20(22)25)16-8-6-15(21)7-9-16/h2-11H,12H2,1H3. The summed E-state index contributed by atoms with van der Waals surface area (Å²) in [5.74, 6) is -0.417. The zero-order valence-electron chi connectivity index (χ0n) is 14.0. The number of rotatable bonds is 3. The van der Waals surface area contributed by atoms with Gasteiger partial charge in [-0.2, -0.15) is 0 Å². The Labute approximate surface area is 152 Å². The van der Waals surface area contributed by atoms with Crippen molar-refractivity contribution in [1.29, 1.82) is 0 Å². The van der Waals surface area contributed by atoms with Crippen LogP contribution in [0.5, 0.6) is 0 Å². The van der Waals surface area contributed by atoms with E-state index >= 15 is 0 Å². The Balaban J connectivity index is 2.00. The number of thiophene rings is 1.